The Morgan fingerprint density at radius 2 is 1.58 bits per heavy atom. The minimum Gasteiger partial charge on any atom is -0.377 e. The highest BCUT2D eigenvalue weighted by atomic mass is 35.5. The number of aryl methyl sites for hydroxylation is 1. The number of rotatable bonds is 5. The lowest BCUT2D eigenvalue weighted by molar-refractivity contribution is -0.122. The van der Waals surface area contributed by atoms with E-state index in [-0.39, 0.29) is 36.9 Å². The molecular formula is C24H15Cl3N2O5S2. The van der Waals surface area contributed by atoms with Gasteiger partial charge in [0.2, 0.25) is 0 Å². The zero-order chi connectivity index (χ0) is 26.2. The van der Waals surface area contributed by atoms with Crippen LogP contribution in [0.4, 0.5) is 5.69 Å². The number of hydrogen-bond acceptors (Lipinski definition) is 6. The molecule has 0 radical (unpaired) electrons. The van der Waals surface area contributed by atoms with Crippen LogP contribution in [0.1, 0.15) is 11.1 Å². The number of thiocarbonyl (C=S) groups is 1. The highest BCUT2D eigenvalue weighted by Crippen LogP contribution is 2.36. The fourth-order valence-corrected chi connectivity index (χ4v) is 5.25. The first kappa shape index (κ1) is 26.1. The summed E-state index contributed by atoms with van der Waals surface area (Å²) in [6.45, 7) is 1.81. The van der Waals surface area contributed by atoms with Crippen LogP contribution in [0, 0.1) is 6.92 Å². The van der Waals surface area contributed by atoms with Crippen molar-refractivity contribution in [1.82, 2.24) is 5.32 Å². The molecule has 0 unspecified atom stereocenters. The van der Waals surface area contributed by atoms with Crippen molar-refractivity contribution in [1.29, 1.82) is 0 Å². The largest absolute Gasteiger partial charge is 0.377 e. The molecule has 12 heteroatoms. The number of amides is 2. The first-order chi connectivity index (χ1) is 17.0. The summed E-state index contributed by atoms with van der Waals surface area (Å²) in [5, 5.41) is 2.74. The van der Waals surface area contributed by atoms with Crippen LogP contribution >= 0.6 is 47.0 Å². The Morgan fingerprint density at radius 3 is 2.22 bits per heavy atom. The summed E-state index contributed by atoms with van der Waals surface area (Å²) >= 11 is 23.5. The van der Waals surface area contributed by atoms with E-state index in [0.717, 1.165) is 16.5 Å². The number of benzene rings is 3. The predicted octanol–water partition coefficient (Wildman–Crippen LogP) is 5.55. The molecule has 7 nitrogen and oxygen atoms in total. The van der Waals surface area contributed by atoms with Gasteiger partial charge in [-0.1, -0.05) is 52.5 Å². The topological polar surface area (TPSA) is 92.8 Å². The van der Waals surface area contributed by atoms with Gasteiger partial charge >= 0.3 is 10.1 Å². The van der Waals surface area contributed by atoms with E-state index < -0.39 is 21.9 Å². The SMILES string of the molecule is Cc1ccc(S(=O)(=O)Oc2c(Cl)cc(Cl)cc2C=C2C(=O)NC(=S)N(c3ccc(Cl)cc3)C2=O)cc1. The van der Waals surface area contributed by atoms with Gasteiger partial charge in [-0.15, -0.1) is 0 Å². The number of hydrogen-bond donors (Lipinski definition) is 1. The van der Waals surface area contributed by atoms with Crippen LogP contribution < -0.4 is 14.4 Å². The van der Waals surface area contributed by atoms with E-state index in [0.29, 0.717) is 10.7 Å². The maximum Gasteiger partial charge on any atom is 0.339 e. The third kappa shape index (κ3) is 5.40. The molecular weight excluding hydrogens is 567 g/mol. The van der Waals surface area contributed by atoms with Gasteiger partial charge in [0.25, 0.3) is 11.8 Å². The third-order valence-electron chi connectivity index (χ3n) is 5.03. The minimum absolute atomic E-state index is 0.00874. The van der Waals surface area contributed by atoms with Crippen molar-refractivity contribution >= 4 is 85.8 Å². The minimum atomic E-state index is -4.31. The summed E-state index contributed by atoms with van der Waals surface area (Å²) in [6, 6.07) is 14.8. The van der Waals surface area contributed by atoms with Crippen LogP contribution in [-0.2, 0) is 19.7 Å². The Hall–Kier alpha value is -2.95. The molecule has 1 N–H and O–H groups in total. The van der Waals surface area contributed by atoms with Crippen LogP contribution in [0.3, 0.4) is 0 Å². The van der Waals surface area contributed by atoms with Gasteiger partial charge in [0.05, 0.1) is 10.7 Å². The standard InChI is InChI=1S/C24H15Cl3N2O5S2/c1-13-2-8-18(9-3-13)36(32,33)34-21-14(10-16(26)12-20(21)27)11-19-22(30)28-24(35)29(23(19)31)17-6-4-15(25)5-7-17/h2-12H,1H3,(H,28,30,35). The molecule has 184 valence electrons. The van der Waals surface area contributed by atoms with Gasteiger partial charge in [-0.3, -0.25) is 19.8 Å². The Labute approximate surface area is 227 Å². The summed E-state index contributed by atoms with van der Waals surface area (Å²) in [7, 11) is -4.31. The van der Waals surface area contributed by atoms with Crippen LogP contribution in [0.2, 0.25) is 15.1 Å². The Kier molecular flexibility index (Phi) is 7.40. The summed E-state index contributed by atoms with van der Waals surface area (Å²) in [5.41, 5.74) is 0.858. The highest BCUT2D eigenvalue weighted by molar-refractivity contribution is 7.87. The molecule has 36 heavy (non-hydrogen) atoms. The van der Waals surface area contributed by atoms with Gasteiger partial charge in [0, 0.05) is 15.6 Å². The Balaban J connectivity index is 1.78. The van der Waals surface area contributed by atoms with Crippen LogP contribution in [-0.4, -0.2) is 25.3 Å². The molecule has 3 aromatic rings. The fourth-order valence-electron chi connectivity index (χ4n) is 3.28. The molecule has 0 spiro atoms. The predicted molar refractivity (Wildman–Crippen MR) is 143 cm³/mol. The number of carbonyl (C=O) groups excluding carboxylic acids is 2. The average molecular weight is 582 g/mol. The zero-order valence-electron chi connectivity index (χ0n) is 18.3. The molecule has 1 heterocycles. The second-order valence-electron chi connectivity index (χ2n) is 7.59. The molecule has 3 aromatic carbocycles. The zero-order valence-corrected chi connectivity index (χ0v) is 22.2. The van der Waals surface area contributed by atoms with Crippen molar-refractivity contribution in [3.05, 3.63) is 92.4 Å². The van der Waals surface area contributed by atoms with Crippen molar-refractivity contribution in [2.45, 2.75) is 11.8 Å². The van der Waals surface area contributed by atoms with Crippen molar-refractivity contribution in [3.63, 3.8) is 0 Å². The van der Waals surface area contributed by atoms with E-state index in [1.807, 2.05) is 6.92 Å². The maximum atomic E-state index is 13.3. The van der Waals surface area contributed by atoms with E-state index in [1.54, 1.807) is 36.4 Å². The lowest BCUT2D eigenvalue weighted by Crippen LogP contribution is -2.54. The van der Waals surface area contributed by atoms with Gasteiger partial charge in [0.1, 0.15) is 10.5 Å². The number of anilines is 1. The van der Waals surface area contributed by atoms with E-state index in [4.69, 9.17) is 51.2 Å². The normalized spacial score (nSPS) is 15.3. The molecule has 4 rings (SSSR count). The molecule has 2 amide bonds. The molecule has 0 aliphatic carbocycles. The Morgan fingerprint density at radius 1 is 0.944 bits per heavy atom. The first-order valence-corrected chi connectivity index (χ1v) is 13.1. The van der Waals surface area contributed by atoms with E-state index in [9.17, 15) is 18.0 Å². The molecule has 0 aromatic heterocycles. The molecule has 0 bridgehead atoms. The number of carbonyl (C=O) groups is 2. The van der Waals surface area contributed by atoms with Gasteiger partial charge in [0.15, 0.2) is 10.9 Å². The van der Waals surface area contributed by atoms with E-state index in [1.165, 1.54) is 24.3 Å². The summed E-state index contributed by atoms with van der Waals surface area (Å²) in [5.74, 6) is -1.85. The second kappa shape index (κ2) is 10.2. The van der Waals surface area contributed by atoms with Crippen molar-refractivity contribution in [2.24, 2.45) is 0 Å². The monoisotopic (exact) mass is 580 g/mol. The Bertz CT molecular complexity index is 1540. The summed E-state index contributed by atoms with van der Waals surface area (Å²) in [4.78, 5) is 27.0. The summed E-state index contributed by atoms with van der Waals surface area (Å²) in [6.07, 6.45) is 1.14. The molecule has 0 saturated carbocycles. The number of halogens is 3. The first-order valence-electron chi connectivity index (χ1n) is 10.1. The lowest BCUT2D eigenvalue weighted by atomic mass is 10.1. The average Bonchev–Trinajstić information content (AvgIpc) is 2.80. The van der Waals surface area contributed by atoms with Crippen molar-refractivity contribution in [2.75, 3.05) is 4.90 Å². The van der Waals surface area contributed by atoms with Gasteiger partial charge in [-0.25, -0.2) is 0 Å². The van der Waals surface area contributed by atoms with E-state index in [2.05, 4.69) is 5.32 Å². The fraction of sp³-hybridized carbons (Fsp3) is 0.0417. The van der Waals surface area contributed by atoms with Crippen molar-refractivity contribution in [3.8, 4) is 5.75 Å². The molecule has 1 saturated heterocycles. The van der Waals surface area contributed by atoms with Crippen LogP contribution in [0.15, 0.2) is 71.1 Å². The smallest absolute Gasteiger partial charge is 0.339 e. The summed E-state index contributed by atoms with van der Waals surface area (Å²) < 4.78 is 31.2. The third-order valence-corrected chi connectivity index (χ3v) is 7.30. The second-order valence-corrected chi connectivity index (χ2v) is 10.8. The molecule has 0 atom stereocenters. The van der Waals surface area contributed by atoms with E-state index >= 15 is 0 Å². The molecule has 1 fully saturated rings. The number of nitrogens with one attached hydrogen (secondary N) is 1. The maximum absolute atomic E-state index is 13.3. The molecule has 1 aliphatic rings. The van der Waals surface area contributed by atoms with Gasteiger partial charge < -0.3 is 4.18 Å². The van der Waals surface area contributed by atoms with Gasteiger partial charge in [-0.2, -0.15) is 8.42 Å². The van der Waals surface area contributed by atoms with Crippen molar-refractivity contribution < 1.29 is 22.2 Å². The van der Waals surface area contributed by atoms with Gasteiger partial charge in [-0.05, 0) is 73.7 Å². The number of nitrogens with zero attached hydrogens (tertiary/aromatic N) is 1. The highest BCUT2D eigenvalue weighted by Gasteiger charge is 2.35. The quantitative estimate of drug-likeness (QED) is 0.184. The van der Waals surface area contributed by atoms with Crippen LogP contribution in [0.25, 0.3) is 6.08 Å². The van der Waals surface area contributed by atoms with Crippen LogP contribution in [0.5, 0.6) is 5.75 Å². The lowest BCUT2D eigenvalue weighted by Gasteiger charge is -2.29. The molecule has 1 aliphatic heterocycles.